The topological polar surface area (TPSA) is 35.5 Å². The second kappa shape index (κ2) is 14.3. The van der Waals surface area contributed by atoms with Crippen LogP contribution < -0.4 is 0 Å². The fraction of sp³-hybridized carbons (Fsp3) is 0.647. The predicted octanol–water partition coefficient (Wildman–Crippen LogP) is 6.24. The molecule has 0 aliphatic heterocycles. The molecule has 0 saturated heterocycles. The van der Waals surface area contributed by atoms with Gasteiger partial charge in [0.25, 0.3) is 0 Å². The van der Waals surface area contributed by atoms with Crippen molar-refractivity contribution in [2.75, 3.05) is 13.2 Å². The molecular formula is C17H31O3P. The minimum absolute atomic E-state index is 0.378. The van der Waals surface area contributed by atoms with E-state index in [1.54, 1.807) is 19.9 Å². The highest BCUT2D eigenvalue weighted by Gasteiger charge is 2.17. The molecule has 0 aromatic carbocycles. The predicted molar refractivity (Wildman–Crippen MR) is 91.7 cm³/mol. The third kappa shape index (κ3) is 12.8. The molecule has 0 aromatic rings. The van der Waals surface area contributed by atoms with Crippen molar-refractivity contribution in [3.8, 4) is 0 Å². The molecule has 0 saturated carbocycles. The smallest absolute Gasteiger partial charge is 0.306 e. The van der Waals surface area contributed by atoms with E-state index in [1.165, 1.54) is 37.9 Å². The van der Waals surface area contributed by atoms with Crippen molar-refractivity contribution in [3.63, 3.8) is 0 Å². The summed E-state index contributed by atoms with van der Waals surface area (Å²) >= 11 is 0. The van der Waals surface area contributed by atoms with E-state index in [-0.39, 0.29) is 0 Å². The highest BCUT2D eigenvalue weighted by Crippen LogP contribution is 2.49. The average Bonchev–Trinajstić information content (AvgIpc) is 2.45. The van der Waals surface area contributed by atoms with Crippen molar-refractivity contribution in [1.82, 2.24) is 0 Å². The Morgan fingerprint density at radius 2 is 1.43 bits per heavy atom. The Morgan fingerprint density at radius 3 is 2.05 bits per heavy atom. The molecule has 0 aromatic heterocycles. The molecule has 0 heterocycles. The molecule has 21 heavy (non-hydrogen) atoms. The Morgan fingerprint density at radius 1 is 0.810 bits per heavy atom. The highest BCUT2D eigenvalue weighted by molar-refractivity contribution is 7.57. The summed E-state index contributed by atoms with van der Waals surface area (Å²) < 4.78 is 22.4. The van der Waals surface area contributed by atoms with Crippen LogP contribution in [0, 0.1) is 0 Å². The summed E-state index contributed by atoms with van der Waals surface area (Å²) in [4.78, 5) is 0. The summed E-state index contributed by atoms with van der Waals surface area (Å²) in [5.41, 5.74) is 0. The SMILES string of the molecule is CCCCCCC/C=C/C=C\C=C\P(=O)(OCC)OCC. The van der Waals surface area contributed by atoms with Crippen LogP contribution in [0.1, 0.15) is 59.3 Å². The van der Waals surface area contributed by atoms with Crippen molar-refractivity contribution in [3.05, 3.63) is 36.2 Å². The molecule has 0 amide bonds. The van der Waals surface area contributed by atoms with E-state index in [9.17, 15) is 4.57 Å². The zero-order chi connectivity index (χ0) is 15.8. The molecule has 0 radical (unpaired) electrons. The van der Waals surface area contributed by atoms with Crippen LogP contribution in [-0.4, -0.2) is 13.2 Å². The molecule has 3 nitrogen and oxygen atoms in total. The van der Waals surface area contributed by atoms with Gasteiger partial charge in [-0.2, -0.15) is 0 Å². The lowest BCUT2D eigenvalue weighted by atomic mass is 10.1. The molecule has 0 spiro atoms. The van der Waals surface area contributed by atoms with Crippen molar-refractivity contribution in [2.45, 2.75) is 59.3 Å². The Balaban J connectivity index is 3.92. The Hall–Kier alpha value is -0.630. The minimum Gasteiger partial charge on any atom is -0.306 e. The molecule has 0 atom stereocenters. The quantitative estimate of drug-likeness (QED) is 0.229. The molecule has 0 rings (SSSR count). The number of allylic oxidation sites excluding steroid dienone is 5. The molecular weight excluding hydrogens is 283 g/mol. The van der Waals surface area contributed by atoms with Gasteiger partial charge in [0.15, 0.2) is 0 Å². The normalized spacial score (nSPS) is 13.1. The van der Waals surface area contributed by atoms with Gasteiger partial charge in [-0.1, -0.05) is 63.0 Å². The van der Waals surface area contributed by atoms with Gasteiger partial charge in [-0.3, -0.25) is 4.57 Å². The van der Waals surface area contributed by atoms with Gasteiger partial charge >= 0.3 is 7.60 Å². The summed E-state index contributed by atoms with van der Waals surface area (Å²) in [7, 11) is -3.05. The fourth-order valence-corrected chi connectivity index (χ4v) is 3.08. The average molecular weight is 314 g/mol. The Kier molecular flexibility index (Phi) is 13.9. The van der Waals surface area contributed by atoms with Crippen molar-refractivity contribution < 1.29 is 13.6 Å². The molecule has 0 fully saturated rings. The molecule has 0 aliphatic carbocycles. The van der Waals surface area contributed by atoms with Crippen LogP contribution in [0.15, 0.2) is 36.2 Å². The summed E-state index contributed by atoms with van der Waals surface area (Å²) in [6, 6.07) is 0. The Bertz CT molecular complexity index is 349. The Labute approximate surface area is 130 Å². The number of rotatable bonds is 13. The third-order valence-corrected chi connectivity index (χ3v) is 4.60. The molecule has 0 N–H and O–H groups in total. The lowest BCUT2D eigenvalue weighted by Crippen LogP contribution is -1.92. The number of hydrogen-bond acceptors (Lipinski definition) is 3. The summed E-state index contributed by atoms with van der Waals surface area (Å²) in [5, 5.41) is 0. The van der Waals surface area contributed by atoms with Crippen LogP contribution in [0.25, 0.3) is 0 Å². The second-order valence-electron chi connectivity index (χ2n) is 4.73. The van der Waals surface area contributed by atoms with Gasteiger partial charge in [0.1, 0.15) is 0 Å². The lowest BCUT2D eigenvalue weighted by Gasteiger charge is -2.11. The molecule has 122 valence electrons. The van der Waals surface area contributed by atoms with Gasteiger partial charge in [0.05, 0.1) is 13.2 Å². The van der Waals surface area contributed by atoms with Crippen molar-refractivity contribution in [2.24, 2.45) is 0 Å². The maximum atomic E-state index is 12.1. The molecule has 0 aliphatic rings. The van der Waals surface area contributed by atoms with E-state index in [0.29, 0.717) is 13.2 Å². The standard InChI is InChI=1S/C17H31O3P/c1-4-7-8-9-10-11-12-13-14-15-16-17-21(18,19-5-2)20-6-3/h12-17H,4-11H2,1-3H3/b13-12+,15-14-,17-16+. The van der Waals surface area contributed by atoms with E-state index in [1.807, 2.05) is 18.2 Å². The lowest BCUT2D eigenvalue weighted by molar-refractivity contribution is 0.229. The maximum Gasteiger partial charge on any atom is 0.354 e. The van der Waals surface area contributed by atoms with Crippen molar-refractivity contribution in [1.29, 1.82) is 0 Å². The van der Waals surface area contributed by atoms with Crippen molar-refractivity contribution >= 4 is 7.60 Å². The van der Waals surface area contributed by atoms with Crippen LogP contribution in [0.3, 0.4) is 0 Å². The third-order valence-electron chi connectivity index (χ3n) is 2.83. The first-order chi connectivity index (χ1) is 10.2. The van der Waals surface area contributed by atoms with Gasteiger partial charge < -0.3 is 9.05 Å². The highest BCUT2D eigenvalue weighted by atomic mass is 31.2. The summed E-state index contributed by atoms with van der Waals surface area (Å²) in [6.45, 7) is 6.60. The van der Waals surface area contributed by atoms with E-state index in [0.717, 1.165) is 6.42 Å². The second-order valence-corrected chi connectivity index (χ2v) is 6.63. The van der Waals surface area contributed by atoms with Gasteiger partial charge in [0.2, 0.25) is 0 Å². The largest absolute Gasteiger partial charge is 0.354 e. The van der Waals surface area contributed by atoms with E-state index < -0.39 is 7.60 Å². The fourth-order valence-electron chi connectivity index (χ4n) is 1.81. The van der Waals surface area contributed by atoms with Crippen LogP contribution >= 0.6 is 7.60 Å². The zero-order valence-electron chi connectivity index (χ0n) is 13.8. The van der Waals surface area contributed by atoms with E-state index in [2.05, 4.69) is 13.0 Å². The first-order valence-corrected chi connectivity index (χ1v) is 9.69. The monoisotopic (exact) mass is 314 g/mol. The minimum atomic E-state index is -3.05. The van der Waals surface area contributed by atoms with Crippen LogP contribution in [0.5, 0.6) is 0 Å². The summed E-state index contributed by atoms with van der Waals surface area (Å²) in [6.07, 6.45) is 17.4. The van der Waals surface area contributed by atoms with Crippen LogP contribution in [0.2, 0.25) is 0 Å². The zero-order valence-corrected chi connectivity index (χ0v) is 14.7. The van der Waals surface area contributed by atoms with Crippen LogP contribution in [0.4, 0.5) is 0 Å². The van der Waals surface area contributed by atoms with E-state index >= 15 is 0 Å². The van der Waals surface area contributed by atoms with Gasteiger partial charge in [0, 0.05) is 5.82 Å². The van der Waals surface area contributed by atoms with Gasteiger partial charge in [-0.15, -0.1) is 0 Å². The van der Waals surface area contributed by atoms with Crippen LogP contribution in [-0.2, 0) is 13.6 Å². The first-order valence-electron chi connectivity index (χ1n) is 8.08. The van der Waals surface area contributed by atoms with E-state index in [4.69, 9.17) is 9.05 Å². The van der Waals surface area contributed by atoms with Gasteiger partial charge in [-0.25, -0.2) is 0 Å². The molecule has 0 unspecified atom stereocenters. The number of unbranched alkanes of at least 4 members (excludes halogenated alkanes) is 5. The molecule has 0 bridgehead atoms. The first kappa shape index (κ1) is 20.4. The number of hydrogen-bond donors (Lipinski definition) is 0. The molecule has 4 heteroatoms. The summed E-state index contributed by atoms with van der Waals surface area (Å²) in [5.74, 6) is 1.51. The van der Waals surface area contributed by atoms with Gasteiger partial charge in [-0.05, 0) is 26.7 Å². The maximum absolute atomic E-state index is 12.1.